The van der Waals surface area contributed by atoms with Gasteiger partial charge >= 0.3 is 0 Å². The number of hydrogen-bond acceptors (Lipinski definition) is 6. The van der Waals surface area contributed by atoms with Crippen molar-refractivity contribution in [2.24, 2.45) is 0 Å². The fraction of sp³-hybridized carbons (Fsp3) is 0.375. The number of fused-ring (bicyclic) bond motifs is 1. The molecule has 0 aliphatic carbocycles. The molecule has 0 spiro atoms. The summed E-state index contributed by atoms with van der Waals surface area (Å²) in [6.07, 6.45) is 1.01. The summed E-state index contributed by atoms with van der Waals surface area (Å²) in [6, 6.07) is 8.79. The molecule has 0 saturated heterocycles. The summed E-state index contributed by atoms with van der Waals surface area (Å²) >= 11 is 1.30. The Labute approximate surface area is 198 Å². The molecule has 174 valence electrons. The van der Waals surface area contributed by atoms with Crippen molar-refractivity contribution in [2.45, 2.75) is 64.9 Å². The largest absolute Gasteiger partial charge is 0.299 e. The van der Waals surface area contributed by atoms with Crippen LogP contribution in [0.4, 0.5) is 5.13 Å². The molecule has 1 aliphatic rings. The van der Waals surface area contributed by atoms with E-state index in [-0.39, 0.29) is 6.54 Å². The fourth-order valence-corrected chi connectivity index (χ4v) is 7.12. The molecule has 0 bridgehead atoms. The molecule has 4 rings (SSSR count). The molecule has 33 heavy (non-hydrogen) atoms. The standard InChI is InChI=1S/C24H28N4O3S2/c1-6-21-26-27-24(32-21)25-23(29)20-12-18-9-7-8-10-19(18)13-28(20)33(30,31)22-16(4)14(2)11-15(3)17(22)5/h7-11,20H,6,12-13H2,1-5H3,(H,25,27,29)/t20-/m0/s1. The van der Waals surface area contributed by atoms with Crippen molar-refractivity contribution in [1.29, 1.82) is 0 Å². The maximum atomic E-state index is 14.1. The molecule has 0 saturated carbocycles. The number of carbonyl (C=O) groups is 1. The lowest BCUT2D eigenvalue weighted by Gasteiger charge is -2.35. The van der Waals surface area contributed by atoms with Gasteiger partial charge in [-0.2, -0.15) is 4.31 Å². The maximum Gasteiger partial charge on any atom is 0.245 e. The Kier molecular flexibility index (Phi) is 6.39. The molecule has 9 heteroatoms. The highest BCUT2D eigenvalue weighted by molar-refractivity contribution is 7.89. The van der Waals surface area contributed by atoms with Crippen molar-refractivity contribution in [2.75, 3.05) is 5.32 Å². The van der Waals surface area contributed by atoms with Crippen LogP contribution in [0.3, 0.4) is 0 Å². The molecule has 1 N–H and O–H groups in total. The van der Waals surface area contributed by atoms with Gasteiger partial charge in [0.05, 0.1) is 4.90 Å². The molecule has 2 aromatic carbocycles. The van der Waals surface area contributed by atoms with Crippen LogP contribution in [0.5, 0.6) is 0 Å². The normalized spacial score (nSPS) is 16.5. The molecule has 3 aromatic rings. The third-order valence-corrected chi connectivity index (χ3v) is 9.48. The van der Waals surface area contributed by atoms with Gasteiger partial charge in [0.2, 0.25) is 21.1 Å². The van der Waals surface area contributed by atoms with Crippen LogP contribution in [0.2, 0.25) is 0 Å². The second kappa shape index (κ2) is 8.96. The van der Waals surface area contributed by atoms with E-state index in [0.29, 0.717) is 27.6 Å². The number of amides is 1. The van der Waals surface area contributed by atoms with Crippen LogP contribution in [0.15, 0.2) is 35.2 Å². The lowest BCUT2D eigenvalue weighted by atomic mass is 9.95. The molecule has 1 aromatic heterocycles. The van der Waals surface area contributed by atoms with Crippen LogP contribution in [-0.2, 0) is 34.2 Å². The minimum Gasteiger partial charge on any atom is -0.299 e. The maximum absolute atomic E-state index is 14.1. The first-order valence-electron chi connectivity index (χ1n) is 10.9. The zero-order valence-corrected chi connectivity index (χ0v) is 21.1. The molecule has 1 atom stereocenters. The summed E-state index contributed by atoms with van der Waals surface area (Å²) in [5.74, 6) is -0.397. The molecular weight excluding hydrogens is 456 g/mol. The van der Waals surface area contributed by atoms with Gasteiger partial charge in [-0.1, -0.05) is 48.6 Å². The first kappa shape index (κ1) is 23.5. The van der Waals surface area contributed by atoms with Crippen LogP contribution in [0.25, 0.3) is 0 Å². The van der Waals surface area contributed by atoms with Gasteiger partial charge in [0, 0.05) is 6.54 Å². The summed E-state index contributed by atoms with van der Waals surface area (Å²) in [5, 5.41) is 12.1. The van der Waals surface area contributed by atoms with E-state index in [9.17, 15) is 13.2 Å². The Morgan fingerprint density at radius 2 is 1.73 bits per heavy atom. The Morgan fingerprint density at radius 1 is 1.09 bits per heavy atom. The minimum absolute atomic E-state index is 0.138. The van der Waals surface area contributed by atoms with Gasteiger partial charge in [0.25, 0.3) is 0 Å². The van der Waals surface area contributed by atoms with Crippen molar-refractivity contribution in [3.63, 3.8) is 0 Å². The second-order valence-corrected chi connectivity index (χ2v) is 11.4. The number of nitrogens with one attached hydrogen (secondary N) is 1. The summed E-state index contributed by atoms with van der Waals surface area (Å²) in [6.45, 7) is 9.59. The van der Waals surface area contributed by atoms with Crippen molar-refractivity contribution >= 4 is 32.4 Å². The van der Waals surface area contributed by atoms with Crippen molar-refractivity contribution < 1.29 is 13.2 Å². The van der Waals surface area contributed by atoms with Gasteiger partial charge in [-0.25, -0.2) is 8.42 Å². The van der Waals surface area contributed by atoms with Crippen molar-refractivity contribution in [3.05, 3.63) is 68.7 Å². The first-order valence-corrected chi connectivity index (χ1v) is 13.2. The summed E-state index contributed by atoms with van der Waals surface area (Å²) < 4.78 is 29.5. The van der Waals surface area contributed by atoms with Crippen molar-refractivity contribution in [3.8, 4) is 0 Å². The van der Waals surface area contributed by atoms with Gasteiger partial charge < -0.3 is 0 Å². The lowest BCUT2D eigenvalue weighted by Crippen LogP contribution is -2.50. The van der Waals surface area contributed by atoms with Crippen molar-refractivity contribution in [1.82, 2.24) is 14.5 Å². The van der Waals surface area contributed by atoms with Crippen LogP contribution in [0.1, 0.15) is 45.3 Å². The van der Waals surface area contributed by atoms with Gasteiger partial charge in [0.15, 0.2) is 0 Å². The lowest BCUT2D eigenvalue weighted by molar-refractivity contribution is -0.120. The zero-order valence-electron chi connectivity index (χ0n) is 19.5. The number of aryl methyl sites for hydroxylation is 3. The van der Waals surface area contributed by atoms with E-state index in [1.54, 1.807) is 0 Å². The van der Waals surface area contributed by atoms with Gasteiger partial charge in [-0.3, -0.25) is 10.1 Å². The van der Waals surface area contributed by atoms with E-state index >= 15 is 0 Å². The molecule has 2 heterocycles. The third kappa shape index (κ3) is 4.32. The number of hydrogen-bond donors (Lipinski definition) is 1. The highest BCUT2D eigenvalue weighted by Crippen LogP contribution is 2.34. The minimum atomic E-state index is -3.96. The number of rotatable bonds is 5. The van der Waals surface area contributed by atoms with Crippen LogP contribution in [0, 0.1) is 27.7 Å². The summed E-state index contributed by atoms with van der Waals surface area (Å²) in [4.78, 5) is 13.7. The van der Waals surface area contributed by atoms with E-state index in [1.165, 1.54) is 15.6 Å². The number of anilines is 1. The van der Waals surface area contributed by atoms with Gasteiger partial charge in [0.1, 0.15) is 11.0 Å². The Bertz CT molecular complexity index is 1310. The second-order valence-electron chi connectivity index (χ2n) is 8.47. The highest BCUT2D eigenvalue weighted by atomic mass is 32.2. The average Bonchev–Trinajstić information content (AvgIpc) is 3.24. The number of sulfonamides is 1. The molecule has 0 radical (unpaired) electrons. The zero-order chi connectivity index (χ0) is 23.9. The number of aromatic nitrogens is 2. The quantitative estimate of drug-likeness (QED) is 0.589. The van der Waals surface area contributed by atoms with E-state index in [4.69, 9.17) is 0 Å². The summed E-state index contributed by atoms with van der Waals surface area (Å²) in [7, 11) is -3.96. The predicted molar refractivity (Wildman–Crippen MR) is 130 cm³/mol. The predicted octanol–water partition coefficient (Wildman–Crippen LogP) is 4.09. The molecule has 0 fully saturated rings. The van der Waals surface area contributed by atoms with E-state index in [2.05, 4.69) is 15.5 Å². The number of benzene rings is 2. The number of carbonyl (C=O) groups excluding carboxylic acids is 1. The Hall–Kier alpha value is -2.62. The molecular formula is C24H28N4O3S2. The van der Waals surface area contributed by atoms with E-state index in [1.807, 2.05) is 65.0 Å². The smallest absolute Gasteiger partial charge is 0.245 e. The molecule has 0 unspecified atom stereocenters. The monoisotopic (exact) mass is 484 g/mol. The number of nitrogens with zero attached hydrogens (tertiary/aromatic N) is 3. The average molecular weight is 485 g/mol. The third-order valence-electron chi connectivity index (χ3n) is 6.37. The SMILES string of the molecule is CCc1nnc(NC(=O)[C@@H]2Cc3ccccc3CN2S(=O)(=O)c2c(C)c(C)cc(C)c2C)s1. The van der Waals surface area contributed by atoms with Crippen LogP contribution >= 0.6 is 11.3 Å². The molecule has 1 amide bonds. The first-order chi connectivity index (χ1) is 15.6. The van der Waals surface area contributed by atoms with Gasteiger partial charge in [-0.05, 0) is 73.9 Å². The topological polar surface area (TPSA) is 92.3 Å². The molecule has 7 nitrogen and oxygen atoms in total. The highest BCUT2D eigenvalue weighted by Gasteiger charge is 2.41. The van der Waals surface area contributed by atoms with E-state index in [0.717, 1.165) is 33.7 Å². The molecule has 1 aliphatic heterocycles. The Balaban J connectivity index is 1.79. The van der Waals surface area contributed by atoms with E-state index < -0.39 is 22.0 Å². The van der Waals surface area contributed by atoms with Crippen LogP contribution < -0.4 is 5.32 Å². The summed E-state index contributed by atoms with van der Waals surface area (Å²) in [5.41, 5.74) is 5.14. The van der Waals surface area contributed by atoms with Gasteiger partial charge in [-0.15, -0.1) is 10.2 Å². The fourth-order valence-electron chi connectivity index (χ4n) is 4.30. The Morgan fingerprint density at radius 3 is 2.33 bits per heavy atom. The van der Waals surface area contributed by atoms with Crippen LogP contribution in [-0.4, -0.2) is 34.9 Å².